The van der Waals surface area contributed by atoms with Gasteiger partial charge in [0.1, 0.15) is 0 Å². The molecule has 0 saturated heterocycles. The Labute approximate surface area is 178 Å². The van der Waals surface area contributed by atoms with Crippen molar-refractivity contribution >= 4 is 33.2 Å². The van der Waals surface area contributed by atoms with Gasteiger partial charge in [-0.1, -0.05) is 12.1 Å². The third kappa shape index (κ3) is 6.45. The molecule has 0 fully saturated rings. The maximum absolute atomic E-state index is 13.0. The molecule has 0 aromatic heterocycles. The molecule has 2 rings (SSSR count). The lowest BCUT2D eigenvalue weighted by Gasteiger charge is -2.23. The summed E-state index contributed by atoms with van der Waals surface area (Å²) in [6.07, 6.45) is -3.77. The van der Waals surface area contributed by atoms with Gasteiger partial charge in [-0.2, -0.15) is 13.2 Å². The first-order valence-corrected chi connectivity index (χ1v) is 11.0. The molecular weight excluding hydrogens is 435 g/mol. The number of halogens is 3. The minimum absolute atomic E-state index is 0.0592. The maximum atomic E-state index is 13.0. The molecule has 0 aliphatic rings. The first-order chi connectivity index (χ1) is 14.3. The summed E-state index contributed by atoms with van der Waals surface area (Å²) >= 11 is 0. The molecular formula is C20H22F3N3O4S. The number of carbonyl (C=O) groups is 2. The van der Waals surface area contributed by atoms with Gasteiger partial charge in [-0.25, -0.2) is 8.42 Å². The first-order valence-electron chi connectivity index (χ1n) is 9.15. The number of carbonyl (C=O) groups excluding carboxylic acids is 2. The van der Waals surface area contributed by atoms with Crippen LogP contribution in [0.15, 0.2) is 42.5 Å². The smallest absolute Gasteiger partial charge is 0.366 e. The number of nitrogens with one attached hydrogen (secondary N) is 1. The number of anilines is 2. The van der Waals surface area contributed by atoms with Crippen molar-refractivity contribution < 1.29 is 31.2 Å². The van der Waals surface area contributed by atoms with Crippen molar-refractivity contribution in [2.24, 2.45) is 5.73 Å². The zero-order chi connectivity index (χ0) is 23.4. The largest absolute Gasteiger partial charge is 0.416 e. The fourth-order valence-electron chi connectivity index (χ4n) is 2.96. The van der Waals surface area contributed by atoms with E-state index in [1.54, 1.807) is 19.1 Å². The van der Waals surface area contributed by atoms with Crippen LogP contribution in [0, 0.1) is 6.92 Å². The van der Waals surface area contributed by atoms with E-state index < -0.39 is 33.6 Å². The quantitative estimate of drug-likeness (QED) is 0.634. The van der Waals surface area contributed by atoms with Crippen LogP contribution in [-0.2, 0) is 21.0 Å². The van der Waals surface area contributed by atoms with Crippen LogP contribution in [0.5, 0.6) is 0 Å². The standard InChI is InChI=1S/C20H22F3N3O4S/c1-13-16(19(24)28)8-4-9-17(13)25-18(27)10-5-11-26(31(2,29)30)15-7-3-6-14(12-15)20(21,22)23/h3-4,6-9,12H,5,10-11H2,1-2H3,(H2,24,28)(H,25,27). The van der Waals surface area contributed by atoms with Gasteiger partial charge in [-0.3, -0.25) is 13.9 Å². The zero-order valence-electron chi connectivity index (χ0n) is 16.9. The topological polar surface area (TPSA) is 110 Å². The highest BCUT2D eigenvalue weighted by Gasteiger charge is 2.31. The summed E-state index contributed by atoms with van der Waals surface area (Å²) in [5.74, 6) is -1.08. The van der Waals surface area contributed by atoms with E-state index in [2.05, 4.69) is 5.32 Å². The van der Waals surface area contributed by atoms with Gasteiger partial charge in [0, 0.05) is 24.2 Å². The molecule has 0 bridgehead atoms. The number of rotatable bonds is 8. The van der Waals surface area contributed by atoms with Crippen LogP contribution in [0.1, 0.15) is 34.3 Å². The van der Waals surface area contributed by atoms with E-state index in [9.17, 15) is 31.2 Å². The molecule has 0 spiro atoms. The highest BCUT2D eigenvalue weighted by atomic mass is 32.2. The zero-order valence-corrected chi connectivity index (χ0v) is 17.7. The molecule has 0 aliphatic heterocycles. The summed E-state index contributed by atoms with van der Waals surface area (Å²) in [7, 11) is -3.88. The molecule has 0 atom stereocenters. The maximum Gasteiger partial charge on any atom is 0.416 e. The van der Waals surface area contributed by atoms with E-state index in [0.717, 1.165) is 28.8 Å². The monoisotopic (exact) mass is 457 g/mol. The molecule has 2 aromatic rings. The fourth-order valence-corrected chi connectivity index (χ4v) is 3.91. The van der Waals surface area contributed by atoms with Crippen LogP contribution >= 0.6 is 0 Å². The summed E-state index contributed by atoms with van der Waals surface area (Å²) in [5.41, 5.74) is 5.30. The average molecular weight is 457 g/mol. The summed E-state index contributed by atoms with van der Waals surface area (Å²) in [6.45, 7) is 1.43. The number of nitrogens with zero attached hydrogens (tertiary/aromatic N) is 1. The second kappa shape index (κ2) is 9.38. The predicted octanol–water partition coefficient (Wildman–Crippen LogP) is 3.30. The summed E-state index contributed by atoms with van der Waals surface area (Å²) in [6, 6.07) is 8.64. The van der Waals surface area contributed by atoms with Crippen molar-refractivity contribution in [1.82, 2.24) is 0 Å². The van der Waals surface area contributed by atoms with Crippen LogP contribution in [0.25, 0.3) is 0 Å². The Morgan fingerprint density at radius 2 is 1.77 bits per heavy atom. The lowest BCUT2D eigenvalue weighted by molar-refractivity contribution is -0.137. The Hall–Kier alpha value is -3.08. The molecule has 0 unspecified atom stereocenters. The second-order valence-corrected chi connectivity index (χ2v) is 8.78. The Bertz CT molecular complexity index is 1090. The number of hydrogen-bond donors (Lipinski definition) is 2. The van der Waals surface area contributed by atoms with E-state index in [1.807, 2.05) is 0 Å². The third-order valence-corrected chi connectivity index (χ3v) is 5.69. The van der Waals surface area contributed by atoms with Crippen molar-refractivity contribution in [3.63, 3.8) is 0 Å². The van der Waals surface area contributed by atoms with E-state index in [1.165, 1.54) is 12.1 Å². The number of nitrogens with two attached hydrogens (primary N) is 1. The predicted molar refractivity (Wildman–Crippen MR) is 111 cm³/mol. The molecule has 0 heterocycles. The number of hydrogen-bond acceptors (Lipinski definition) is 4. The van der Waals surface area contributed by atoms with Gasteiger partial charge in [0.15, 0.2) is 0 Å². The summed E-state index contributed by atoms with van der Waals surface area (Å²) in [4.78, 5) is 23.7. The van der Waals surface area contributed by atoms with Gasteiger partial charge < -0.3 is 11.1 Å². The minimum Gasteiger partial charge on any atom is -0.366 e. The van der Waals surface area contributed by atoms with Crippen molar-refractivity contribution in [2.45, 2.75) is 25.9 Å². The van der Waals surface area contributed by atoms with Crippen LogP contribution in [-0.4, -0.2) is 33.0 Å². The van der Waals surface area contributed by atoms with Crippen LogP contribution in [0.3, 0.4) is 0 Å². The Morgan fingerprint density at radius 3 is 2.35 bits per heavy atom. The minimum atomic E-state index is -4.61. The van der Waals surface area contributed by atoms with Gasteiger partial charge >= 0.3 is 6.18 Å². The second-order valence-electron chi connectivity index (χ2n) is 6.88. The van der Waals surface area contributed by atoms with Crippen molar-refractivity contribution in [1.29, 1.82) is 0 Å². The lowest BCUT2D eigenvalue weighted by atomic mass is 10.1. The first kappa shape index (κ1) is 24.2. The molecule has 0 aliphatic carbocycles. The molecule has 0 radical (unpaired) electrons. The third-order valence-electron chi connectivity index (χ3n) is 4.50. The number of benzene rings is 2. The van der Waals surface area contributed by atoms with Crippen molar-refractivity contribution in [2.75, 3.05) is 22.4 Å². The van der Waals surface area contributed by atoms with Crippen molar-refractivity contribution in [3.05, 3.63) is 59.2 Å². The molecule has 31 heavy (non-hydrogen) atoms. The molecule has 0 saturated carbocycles. The SMILES string of the molecule is Cc1c(NC(=O)CCCN(c2cccc(C(F)(F)F)c2)S(C)(=O)=O)cccc1C(N)=O. The molecule has 7 nitrogen and oxygen atoms in total. The van der Waals surface area contributed by atoms with Crippen LogP contribution in [0.2, 0.25) is 0 Å². The Balaban J connectivity index is 2.09. The Kier molecular flexibility index (Phi) is 7.32. The number of primary amides is 1. The molecule has 2 amide bonds. The van der Waals surface area contributed by atoms with E-state index in [-0.39, 0.29) is 30.6 Å². The number of alkyl halides is 3. The van der Waals surface area contributed by atoms with E-state index >= 15 is 0 Å². The van der Waals surface area contributed by atoms with Gasteiger partial charge in [-0.05, 0) is 49.2 Å². The Morgan fingerprint density at radius 1 is 1.13 bits per heavy atom. The van der Waals surface area contributed by atoms with E-state index in [4.69, 9.17) is 5.73 Å². The van der Waals surface area contributed by atoms with Gasteiger partial charge in [0.25, 0.3) is 0 Å². The number of sulfonamides is 1. The summed E-state index contributed by atoms with van der Waals surface area (Å²) < 4.78 is 63.9. The van der Waals surface area contributed by atoms with Gasteiger partial charge in [-0.15, -0.1) is 0 Å². The normalized spacial score (nSPS) is 11.8. The number of amides is 2. The highest BCUT2D eigenvalue weighted by Crippen LogP contribution is 2.32. The van der Waals surface area contributed by atoms with E-state index in [0.29, 0.717) is 11.3 Å². The average Bonchev–Trinajstić information content (AvgIpc) is 2.65. The lowest BCUT2D eigenvalue weighted by Crippen LogP contribution is -2.31. The van der Waals surface area contributed by atoms with Crippen LogP contribution < -0.4 is 15.4 Å². The van der Waals surface area contributed by atoms with Gasteiger partial charge in [0.2, 0.25) is 21.8 Å². The molecule has 168 valence electrons. The highest BCUT2D eigenvalue weighted by molar-refractivity contribution is 7.92. The summed E-state index contributed by atoms with van der Waals surface area (Å²) in [5, 5.41) is 2.62. The van der Waals surface area contributed by atoms with Crippen LogP contribution in [0.4, 0.5) is 24.5 Å². The van der Waals surface area contributed by atoms with Gasteiger partial charge in [0.05, 0.1) is 17.5 Å². The molecule has 2 aromatic carbocycles. The fraction of sp³-hybridized carbons (Fsp3) is 0.300. The molecule has 3 N–H and O–H groups in total. The molecule has 11 heteroatoms. The van der Waals surface area contributed by atoms with Crippen molar-refractivity contribution in [3.8, 4) is 0 Å².